The van der Waals surface area contributed by atoms with Crippen molar-refractivity contribution in [1.29, 1.82) is 0 Å². The molecule has 80 valence electrons. The Morgan fingerprint density at radius 1 is 1.50 bits per heavy atom. The highest BCUT2D eigenvalue weighted by Crippen LogP contribution is 2.32. The average Bonchev–Trinajstić information content (AvgIpc) is 2.47. The first-order chi connectivity index (χ1) is 6.65. The van der Waals surface area contributed by atoms with Gasteiger partial charge in [0.05, 0.1) is 3.79 Å². The second-order valence-corrected chi connectivity index (χ2v) is 6.11. The molecule has 1 nitrogen and oxygen atoms in total. The number of thiophene rings is 1. The van der Waals surface area contributed by atoms with Gasteiger partial charge in [-0.1, -0.05) is 26.2 Å². The van der Waals surface area contributed by atoms with E-state index in [1.54, 1.807) is 11.3 Å². The molecule has 1 unspecified atom stereocenters. The number of hydrogen-bond donors (Lipinski definition) is 1. The number of unbranched alkanes of at least 4 members (excludes halogenated alkanes) is 2. The predicted molar refractivity (Wildman–Crippen MR) is 67.8 cm³/mol. The Kier molecular flexibility index (Phi) is 5.13. The van der Waals surface area contributed by atoms with Crippen LogP contribution in [-0.2, 0) is 0 Å². The number of aryl methyl sites for hydroxylation is 1. The lowest BCUT2D eigenvalue weighted by molar-refractivity contribution is 0.587. The van der Waals surface area contributed by atoms with Crippen LogP contribution in [0.2, 0.25) is 0 Å². The summed E-state index contributed by atoms with van der Waals surface area (Å²) in [7, 11) is 0. The van der Waals surface area contributed by atoms with E-state index in [9.17, 15) is 0 Å². The number of halogens is 1. The number of nitrogens with two attached hydrogens (primary N) is 1. The van der Waals surface area contributed by atoms with Gasteiger partial charge in [0.2, 0.25) is 0 Å². The fourth-order valence-corrected chi connectivity index (χ4v) is 3.03. The van der Waals surface area contributed by atoms with Gasteiger partial charge in [-0.3, -0.25) is 0 Å². The molecule has 2 N–H and O–H groups in total. The van der Waals surface area contributed by atoms with Gasteiger partial charge in [0.1, 0.15) is 0 Å². The number of hydrogen-bond acceptors (Lipinski definition) is 2. The Morgan fingerprint density at radius 2 is 2.21 bits per heavy atom. The summed E-state index contributed by atoms with van der Waals surface area (Å²) < 4.78 is 1.22. The Morgan fingerprint density at radius 3 is 2.71 bits per heavy atom. The van der Waals surface area contributed by atoms with Crippen LogP contribution in [0, 0.1) is 6.92 Å². The molecule has 0 fully saturated rings. The standard InChI is InChI=1S/C11H18BrNS/c1-3-4-5-6-9(13)10-7-8(2)11(12)14-10/h7,9H,3-6,13H2,1-2H3. The Labute approximate surface area is 98.8 Å². The van der Waals surface area contributed by atoms with E-state index in [-0.39, 0.29) is 6.04 Å². The molecule has 0 saturated heterocycles. The third-order valence-electron chi connectivity index (χ3n) is 2.36. The van der Waals surface area contributed by atoms with E-state index >= 15 is 0 Å². The molecule has 1 rings (SSSR count). The summed E-state index contributed by atoms with van der Waals surface area (Å²) in [5, 5.41) is 0. The van der Waals surface area contributed by atoms with Gasteiger partial charge in [-0.25, -0.2) is 0 Å². The van der Waals surface area contributed by atoms with E-state index in [0.717, 1.165) is 6.42 Å². The van der Waals surface area contributed by atoms with Crippen LogP contribution in [0.4, 0.5) is 0 Å². The minimum atomic E-state index is 0.233. The molecule has 0 saturated carbocycles. The van der Waals surface area contributed by atoms with Crippen LogP contribution in [0.3, 0.4) is 0 Å². The maximum Gasteiger partial charge on any atom is 0.0731 e. The van der Waals surface area contributed by atoms with Crippen molar-refractivity contribution in [2.45, 2.75) is 45.6 Å². The van der Waals surface area contributed by atoms with Crippen molar-refractivity contribution in [3.05, 3.63) is 20.3 Å². The molecule has 1 heterocycles. The zero-order valence-corrected chi connectivity index (χ0v) is 11.2. The van der Waals surface area contributed by atoms with E-state index < -0.39 is 0 Å². The Hall–Kier alpha value is 0.140. The summed E-state index contributed by atoms with van der Waals surface area (Å²) in [4.78, 5) is 1.31. The predicted octanol–water partition coefficient (Wildman–Crippen LogP) is 4.40. The van der Waals surface area contributed by atoms with Gasteiger partial charge >= 0.3 is 0 Å². The van der Waals surface area contributed by atoms with Crippen molar-refractivity contribution in [1.82, 2.24) is 0 Å². The van der Waals surface area contributed by atoms with Crippen molar-refractivity contribution < 1.29 is 0 Å². The maximum atomic E-state index is 6.11. The van der Waals surface area contributed by atoms with Crippen molar-refractivity contribution in [3.8, 4) is 0 Å². The third kappa shape index (κ3) is 3.37. The van der Waals surface area contributed by atoms with Crippen molar-refractivity contribution in [2.75, 3.05) is 0 Å². The molecule has 14 heavy (non-hydrogen) atoms. The van der Waals surface area contributed by atoms with Crippen LogP contribution in [-0.4, -0.2) is 0 Å². The van der Waals surface area contributed by atoms with Crippen LogP contribution in [0.1, 0.15) is 49.1 Å². The molecule has 0 aliphatic rings. The topological polar surface area (TPSA) is 26.0 Å². The van der Waals surface area contributed by atoms with Gasteiger partial charge in [-0.2, -0.15) is 0 Å². The largest absolute Gasteiger partial charge is 0.323 e. The SMILES string of the molecule is CCCCCC(N)c1cc(C)c(Br)s1. The quantitative estimate of drug-likeness (QED) is 0.792. The van der Waals surface area contributed by atoms with Crippen molar-refractivity contribution in [2.24, 2.45) is 5.73 Å². The lowest BCUT2D eigenvalue weighted by Gasteiger charge is -2.08. The highest BCUT2D eigenvalue weighted by atomic mass is 79.9. The fraction of sp³-hybridized carbons (Fsp3) is 0.636. The number of rotatable bonds is 5. The first-order valence-corrected chi connectivity index (χ1v) is 6.77. The zero-order chi connectivity index (χ0) is 10.6. The molecule has 0 amide bonds. The van der Waals surface area contributed by atoms with Crippen LogP contribution in [0.5, 0.6) is 0 Å². The molecule has 1 aromatic heterocycles. The van der Waals surface area contributed by atoms with Crippen LogP contribution < -0.4 is 5.73 Å². The summed E-state index contributed by atoms with van der Waals surface area (Å²) in [6.07, 6.45) is 4.91. The van der Waals surface area contributed by atoms with Crippen LogP contribution in [0.15, 0.2) is 9.85 Å². The lowest BCUT2D eigenvalue weighted by Crippen LogP contribution is -2.08. The van der Waals surface area contributed by atoms with Gasteiger partial charge in [-0.15, -0.1) is 11.3 Å². The van der Waals surface area contributed by atoms with E-state index in [1.807, 2.05) is 0 Å². The monoisotopic (exact) mass is 275 g/mol. The van der Waals surface area contributed by atoms with E-state index in [2.05, 4.69) is 35.8 Å². The van der Waals surface area contributed by atoms with Crippen molar-refractivity contribution >= 4 is 27.3 Å². The smallest absolute Gasteiger partial charge is 0.0731 e. The summed E-state index contributed by atoms with van der Waals surface area (Å²) >= 11 is 5.30. The fourth-order valence-electron chi connectivity index (χ4n) is 1.42. The van der Waals surface area contributed by atoms with E-state index in [4.69, 9.17) is 5.73 Å². The zero-order valence-electron chi connectivity index (χ0n) is 8.85. The Bertz CT molecular complexity index is 263. The summed E-state index contributed by atoms with van der Waals surface area (Å²) in [6, 6.07) is 2.43. The van der Waals surface area contributed by atoms with E-state index in [1.165, 1.54) is 33.5 Å². The molecule has 0 aliphatic carbocycles. The molecule has 1 aromatic rings. The molecule has 0 spiro atoms. The summed E-state index contributed by atoms with van der Waals surface area (Å²) in [5.41, 5.74) is 7.41. The van der Waals surface area contributed by atoms with Gasteiger partial charge in [0.15, 0.2) is 0 Å². The van der Waals surface area contributed by atoms with Gasteiger partial charge in [0.25, 0.3) is 0 Å². The average molecular weight is 276 g/mol. The van der Waals surface area contributed by atoms with Crippen LogP contribution >= 0.6 is 27.3 Å². The Balaban J connectivity index is 2.47. The molecule has 3 heteroatoms. The first-order valence-electron chi connectivity index (χ1n) is 5.16. The second-order valence-electron chi connectivity index (χ2n) is 3.71. The van der Waals surface area contributed by atoms with Gasteiger partial charge in [0, 0.05) is 10.9 Å². The molecule has 0 bridgehead atoms. The molecular formula is C11H18BrNS. The molecular weight excluding hydrogens is 258 g/mol. The van der Waals surface area contributed by atoms with Crippen molar-refractivity contribution in [3.63, 3.8) is 0 Å². The molecule has 0 aliphatic heterocycles. The normalized spacial score (nSPS) is 13.1. The first kappa shape index (κ1) is 12.2. The minimum Gasteiger partial charge on any atom is -0.323 e. The van der Waals surface area contributed by atoms with Crippen LogP contribution in [0.25, 0.3) is 0 Å². The lowest BCUT2D eigenvalue weighted by atomic mass is 10.1. The van der Waals surface area contributed by atoms with Gasteiger partial charge < -0.3 is 5.73 Å². The molecule has 0 aromatic carbocycles. The summed E-state index contributed by atoms with van der Waals surface area (Å²) in [6.45, 7) is 4.33. The third-order valence-corrected chi connectivity index (χ3v) is 4.63. The highest BCUT2D eigenvalue weighted by Gasteiger charge is 2.10. The summed E-state index contributed by atoms with van der Waals surface area (Å²) in [5.74, 6) is 0. The molecule has 1 atom stereocenters. The second kappa shape index (κ2) is 5.89. The highest BCUT2D eigenvalue weighted by molar-refractivity contribution is 9.11. The minimum absolute atomic E-state index is 0.233. The maximum absolute atomic E-state index is 6.11. The molecule has 0 radical (unpaired) electrons. The van der Waals surface area contributed by atoms with Gasteiger partial charge in [-0.05, 0) is 40.9 Å². The van der Waals surface area contributed by atoms with E-state index in [0.29, 0.717) is 0 Å².